The minimum atomic E-state index is 0.0700. The van der Waals surface area contributed by atoms with Crippen LogP contribution in [0.2, 0.25) is 0 Å². The van der Waals surface area contributed by atoms with E-state index in [1.54, 1.807) is 4.52 Å². The summed E-state index contributed by atoms with van der Waals surface area (Å²) in [5.74, 6) is 0.846. The van der Waals surface area contributed by atoms with Crippen molar-refractivity contribution in [2.45, 2.75) is 39.5 Å². The molecule has 0 atom stereocenters. The van der Waals surface area contributed by atoms with Gasteiger partial charge in [-0.25, -0.2) is 0 Å². The van der Waals surface area contributed by atoms with Crippen LogP contribution < -0.4 is 5.32 Å². The highest BCUT2D eigenvalue weighted by molar-refractivity contribution is 7.19. The number of hydrogen-bond donors (Lipinski definition) is 1. The van der Waals surface area contributed by atoms with Crippen molar-refractivity contribution in [1.82, 2.24) is 19.8 Å². The van der Waals surface area contributed by atoms with Gasteiger partial charge in [0.05, 0.1) is 0 Å². The Kier molecular flexibility index (Phi) is 4.66. The molecule has 0 radical (unpaired) electrons. The number of carbonyl (C=O) groups excluding carboxylic acids is 1. The molecule has 120 valence electrons. The lowest BCUT2D eigenvalue weighted by atomic mass is 10.2. The van der Waals surface area contributed by atoms with E-state index in [0.29, 0.717) is 6.42 Å². The maximum absolute atomic E-state index is 11.8. The number of aryl methyl sites for hydroxylation is 1. The largest absolute Gasteiger partial charge is 0.326 e. The van der Waals surface area contributed by atoms with Crippen molar-refractivity contribution < 1.29 is 4.79 Å². The first-order chi connectivity index (χ1) is 11.2. The van der Waals surface area contributed by atoms with Gasteiger partial charge in [0.25, 0.3) is 0 Å². The molecule has 7 heteroatoms. The van der Waals surface area contributed by atoms with Crippen molar-refractivity contribution >= 4 is 27.9 Å². The quantitative estimate of drug-likeness (QED) is 0.700. The van der Waals surface area contributed by atoms with Crippen molar-refractivity contribution in [2.24, 2.45) is 0 Å². The first-order valence-corrected chi connectivity index (χ1v) is 8.58. The zero-order valence-electron chi connectivity index (χ0n) is 13.2. The lowest BCUT2D eigenvalue weighted by molar-refractivity contribution is -0.116. The van der Waals surface area contributed by atoms with Crippen LogP contribution in [-0.4, -0.2) is 25.7 Å². The zero-order valence-corrected chi connectivity index (χ0v) is 14.1. The Balaban J connectivity index is 1.68. The van der Waals surface area contributed by atoms with Gasteiger partial charge in [-0.15, -0.1) is 10.2 Å². The fourth-order valence-corrected chi connectivity index (χ4v) is 3.18. The number of fused-ring (bicyclic) bond motifs is 1. The Bertz CT molecular complexity index is 806. The zero-order chi connectivity index (χ0) is 16.2. The smallest absolute Gasteiger partial charge is 0.234 e. The fraction of sp³-hybridized carbons (Fsp3) is 0.375. The number of nitrogens with one attached hydrogen (secondary N) is 1. The molecule has 23 heavy (non-hydrogen) atoms. The van der Waals surface area contributed by atoms with Crippen LogP contribution in [0.25, 0.3) is 15.5 Å². The van der Waals surface area contributed by atoms with Crippen molar-refractivity contribution in [3.8, 4) is 10.6 Å². The molecule has 0 aliphatic carbocycles. The topological polar surface area (TPSA) is 72.2 Å². The summed E-state index contributed by atoms with van der Waals surface area (Å²) in [6, 6.07) is 7.73. The Labute approximate surface area is 138 Å². The van der Waals surface area contributed by atoms with E-state index >= 15 is 0 Å². The molecule has 1 amide bonds. The van der Waals surface area contributed by atoms with Gasteiger partial charge in [-0.3, -0.25) is 4.79 Å². The third-order valence-corrected chi connectivity index (χ3v) is 4.52. The monoisotopic (exact) mass is 329 g/mol. The molecule has 0 saturated heterocycles. The van der Waals surface area contributed by atoms with E-state index in [9.17, 15) is 4.79 Å². The number of amides is 1. The number of carbonyl (C=O) groups is 1. The average molecular weight is 329 g/mol. The standard InChI is InChI=1S/C16H19N5OS/c1-3-4-5-6-14(22)17-13-9-7-12(8-10-13)15-20-21-11(2)18-19-16(21)23-15/h7-10H,3-6H2,1-2H3,(H,17,22). The minimum Gasteiger partial charge on any atom is -0.326 e. The summed E-state index contributed by atoms with van der Waals surface area (Å²) in [7, 11) is 0. The highest BCUT2D eigenvalue weighted by atomic mass is 32.1. The van der Waals surface area contributed by atoms with E-state index in [2.05, 4.69) is 27.5 Å². The molecule has 2 heterocycles. The molecule has 0 aliphatic rings. The van der Waals surface area contributed by atoms with Crippen LogP contribution in [0.5, 0.6) is 0 Å². The van der Waals surface area contributed by atoms with E-state index in [1.807, 2.05) is 31.2 Å². The second-order valence-corrected chi connectivity index (χ2v) is 6.39. The molecule has 3 rings (SSSR count). The molecular weight excluding hydrogens is 310 g/mol. The molecule has 6 nitrogen and oxygen atoms in total. The van der Waals surface area contributed by atoms with Gasteiger partial charge in [0, 0.05) is 17.7 Å². The average Bonchev–Trinajstić information content (AvgIpc) is 3.11. The molecule has 1 N–H and O–H groups in total. The van der Waals surface area contributed by atoms with Crippen LogP contribution in [0, 0.1) is 6.92 Å². The minimum absolute atomic E-state index is 0.0700. The van der Waals surface area contributed by atoms with Gasteiger partial charge in [-0.05, 0) is 37.6 Å². The maximum Gasteiger partial charge on any atom is 0.234 e. The van der Waals surface area contributed by atoms with E-state index in [-0.39, 0.29) is 5.91 Å². The van der Waals surface area contributed by atoms with E-state index in [1.165, 1.54) is 11.3 Å². The van der Waals surface area contributed by atoms with Crippen molar-refractivity contribution in [3.05, 3.63) is 30.1 Å². The summed E-state index contributed by atoms with van der Waals surface area (Å²) in [5.41, 5.74) is 1.82. The number of aromatic nitrogens is 4. The number of rotatable bonds is 6. The molecule has 0 spiro atoms. The fourth-order valence-electron chi connectivity index (χ4n) is 2.29. The lowest BCUT2D eigenvalue weighted by Crippen LogP contribution is -2.10. The summed E-state index contributed by atoms with van der Waals surface area (Å²) >= 11 is 1.50. The van der Waals surface area contributed by atoms with Crippen molar-refractivity contribution in [1.29, 1.82) is 0 Å². The molecule has 3 aromatic rings. The van der Waals surface area contributed by atoms with Gasteiger partial charge >= 0.3 is 0 Å². The SMILES string of the molecule is CCCCCC(=O)Nc1ccc(-c2nn3c(C)nnc3s2)cc1. The number of unbranched alkanes of at least 4 members (excludes halogenated alkanes) is 2. The third kappa shape index (κ3) is 3.56. The summed E-state index contributed by atoms with van der Waals surface area (Å²) < 4.78 is 1.74. The Hall–Kier alpha value is -2.28. The third-order valence-electron chi connectivity index (χ3n) is 3.57. The van der Waals surface area contributed by atoms with Gasteiger partial charge in [-0.2, -0.15) is 9.61 Å². The van der Waals surface area contributed by atoms with E-state index in [0.717, 1.165) is 46.3 Å². The van der Waals surface area contributed by atoms with Crippen LogP contribution in [0.1, 0.15) is 38.4 Å². The first-order valence-electron chi connectivity index (χ1n) is 7.76. The summed E-state index contributed by atoms with van der Waals surface area (Å²) in [6.45, 7) is 4.00. The Morgan fingerprint density at radius 2 is 2.00 bits per heavy atom. The van der Waals surface area contributed by atoms with Crippen LogP contribution in [0.4, 0.5) is 5.69 Å². The summed E-state index contributed by atoms with van der Waals surface area (Å²) in [5, 5.41) is 16.4. The predicted molar refractivity (Wildman–Crippen MR) is 91.6 cm³/mol. The van der Waals surface area contributed by atoms with Crippen LogP contribution in [0.3, 0.4) is 0 Å². The Morgan fingerprint density at radius 1 is 1.22 bits per heavy atom. The lowest BCUT2D eigenvalue weighted by Gasteiger charge is -2.05. The molecule has 0 bridgehead atoms. The second kappa shape index (κ2) is 6.87. The summed E-state index contributed by atoms with van der Waals surface area (Å²) in [6.07, 6.45) is 3.72. The predicted octanol–water partition coefficient (Wildman–Crippen LogP) is 3.68. The van der Waals surface area contributed by atoms with Gasteiger partial charge in [0.15, 0.2) is 5.82 Å². The van der Waals surface area contributed by atoms with Crippen molar-refractivity contribution in [2.75, 3.05) is 5.32 Å². The molecule has 0 saturated carbocycles. The highest BCUT2D eigenvalue weighted by Crippen LogP contribution is 2.26. The van der Waals surface area contributed by atoms with E-state index in [4.69, 9.17) is 0 Å². The second-order valence-electron chi connectivity index (χ2n) is 5.43. The van der Waals surface area contributed by atoms with Crippen LogP contribution in [-0.2, 0) is 4.79 Å². The number of nitrogens with zero attached hydrogens (tertiary/aromatic N) is 4. The van der Waals surface area contributed by atoms with Crippen molar-refractivity contribution in [3.63, 3.8) is 0 Å². The van der Waals surface area contributed by atoms with Gasteiger partial charge in [0.1, 0.15) is 5.01 Å². The number of anilines is 1. The Morgan fingerprint density at radius 3 is 2.70 bits per heavy atom. The molecular formula is C16H19N5OS. The highest BCUT2D eigenvalue weighted by Gasteiger charge is 2.10. The molecule has 2 aromatic heterocycles. The van der Waals surface area contributed by atoms with Gasteiger partial charge < -0.3 is 5.32 Å². The molecule has 0 aliphatic heterocycles. The number of benzene rings is 1. The molecule has 0 fully saturated rings. The normalized spacial score (nSPS) is 11.0. The van der Waals surface area contributed by atoms with Crippen LogP contribution >= 0.6 is 11.3 Å². The number of hydrogen-bond acceptors (Lipinski definition) is 5. The first kappa shape index (κ1) is 15.6. The van der Waals surface area contributed by atoms with Crippen LogP contribution in [0.15, 0.2) is 24.3 Å². The van der Waals surface area contributed by atoms with Gasteiger partial charge in [0.2, 0.25) is 10.9 Å². The maximum atomic E-state index is 11.8. The van der Waals surface area contributed by atoms with Gasteiger partial charge in [-0.1, -0.05) is 31.1 Å². The molecule has 1 aromatic carbocycles. The van der Waals surface area contributed by atoms with E-state index < -0.39 is 0 Å². The molecule has 0 unspecified atom stereocenters. The summed E-state index contributed by atoms with van der Waals surface area (Å²) in [4.78, 5) is 12.6.